The van der Waals surface area contributed by atoms with Crippen molar-refractivity contribution in [1.82, 2.24) is 10.2 Å². The van der Waals surface area contributed by atoms with E-state index in [0.29, 0.717) is 12.3 Å². The maximum Gasteiger partial charge on any atom is 0.306 e. The summed E-state index contributed by atoms with van der Waals surface area (Å²) in [6, 6.07) is 0.743. The molecular formula is C16H30N2O2. The number of carbonyl (C=O) groups is 1. The van der Waals surface area contributed by atoms with Gasteiger partial charge in [0.25, 0.3) is 0 Å². The van der Waals surface area contributed by atoms with E-state index < -0.39 is 0 Å². The van der Waals surface area contributed by atoms with Crippen LogP contribution in [0.4, 0.5) is 0 Å². The molecule has 1 heterocycles. The molecule has 116 valence electrons. The molecule has 0 bridgehead atoms. The maximum absolute atomic E-state index is 11.9. The predicted molar refractivity (Wildman–Crippen MR) is 80.7 cm³/mol. The van der Waals surface area contributed by atoms with Crippen LogP contribution in [0, 0.1) is 5.92 Å². The van der Waals surface area contributed by atoms with Crippen LogP contribution in [0.25, 0.3) is 0 Å². The molecule has 0 amide bonds. The highest BCUT2D eigenvalue weighted by Crippen LogP contribution is 2.30. The molecule has 2 rings (SSSR count). The molecule has 0 aromatic heterocycles. The third kappa shape index (κ3) is 5.06. The molecule has 1 saturated carbocycles. The van der Waals surface area contributed by atoms with E-state index in [9.17, 15) is 4.79 Å². The molecule has 1 N–H and O–H groups in total. The molecule has 0 atom stereocenters. The smallest absolute Gasteiger partial charge is 0.306 e. The average molecular weight is 282 g/mol. The number of hydrogen-bond donors (Lipinski definition) is 1. The zero-order valence-corrected chi connectivity index (χ0v) is 13.3. The lowest BCUT2D eigenvalue weighted by Gasteiger charge is -2.39. The summed E-state index contributed by atoms with van der Waals surface area (Å²) in [7, 11) is 0. The van der Waals surface area contributed by atoms with Gasteiger partial charge in [-0.25, -0.2) is 0 Å². The van der Waals surface area contributed by atoms with Gasteiger partial charge in [-0.05, 0) is 52.4 Å². The number of piperazine rings is 1. The summed E-state index contributed by atoms with van der Waals surface area (Å²) in [5.74, 6) is 0.507. The second-order valence-corrected chi connectivity index (χ2v) is 7.25. The van der Waals surface area contributed by atoms with Gasteiger partial charge in [-0.3, -0.25) is 9.69 Å². The fourth-order valence-corrected chi connectivity index (χ4v) is 3.38. The molecule has 20 heavy (non-hydrogen) atoms. The SMILES string of the molecule is CC(C)(C)OC(=O)CC1CCC(N2CCNCC2)CC1. The van der Waals surface area contributed by atoms with Crippen LogP contribution in [-0.2, 0) is 9.53 Å². The first kappa shape index (κ1) is 15.8. The molecule has 0 spiro atoms. The van der Waals surface area contributed by atoms with Crippen molar-refractivity contribution in [2.45, 2.75) is 64.5 Å². The van der Waals surface area contributed by atoms with Crippen LogP contribution in [0.15, 0.2) is 0 Å². The van der Waals surface area contributed by atoms with Crippen LogP contribution in [0.2, 0.25) is 0 Å². The van der Waals surface area contributed by atoms with E-state index in [4.69, 9.17) is 4.74 Å². The van der Waals surface area contributed by atoms with Crippen molar-refractivity contribution in [3.05, 3.63) is 0 Å². The van der Waals surface area contributed by atoms with E-state index in [2.05, 4.69) is 10.2 Å². The Morgan fingerprint density at radius 3 is 2.30 bits per heavy atom. The van der Waals surface area contributed by atoms with Gasteiger partial charge >= 0.3 is 5.97 Å². The summed E-state index contributed by atoms with van der Waals surface area (Å²) >= 11 is 0. The van der Waals surface area contributed by atoms with Gasteiger partial charge in [0.1, 0.15) is 5.60 Å². The molecule has 4 heteroatoms. The highest BCUT2D eigenvalue weighted by molar-refractivity contribution is 5.70. The Hall–Kier alpha value is -0.610. The Morgan fingerprint density at radius 1 is 1.15 bits per heavy atom. The minimum atomic E-state index is -0.352. The number of hydrogen-bond acceptors (Lipinski definition) is 4. The molecule has 0 unspecified atom stereocenters. The summed E-state index contributed by atoms with van der Waals surface area (Å²) < 4.78 is 5.43. The number of esters is 1. The molecule has 1 aliphatic heterocycles. The van der Waals surface area contributed by atoms with Crippen molar-refractivity contribution < 1.29 is 9.53 Å². The predicted octanol–water partition coefficient (Wildman–Crippen LogP) is 2.18. The maximum atomic E-state index is 11.9. The van der Waals surface area contributed by atoms with Crippen LogP contribution < -0.4 is 5.32 Å². The van der Waals surface area contributed by atoms with Gasteiger partial charge in [0.2, 0.25) is 0 Å². The number of carbonyl (C=O) groups excluding carboxylic acids is 1. The van der Waals surface area contributed by atoms with Crippen LogP contribution in [0.3, 0.4) is 0 Å². The molecule has 0 radical (unpaired) electrons. The minimum Gasteiger partial charge on any atom is -0.460 e. The third-order valence-electron chi connectivity index (χ3n) is 4.36. The van der Waals surface area contributed by atoms with E-state index in [1.165, 1.54) is 38.8 Å². The van der Waals surface area contributed by atoms with Gasteiger partial charge in [0, 0.05) is 38.6 Å². The number of rotatable bonds is 3. The highest BCUT2D eigenvalue weighted by atomic mass is 16.6. The van der Waals surface area contributed by atoms with Crippen LogP contribution in [-0.4, -0.2) is 48.7 Å². The monoisotopic (exact) mass is 282 g/mol. The summed E-state index contributed by atoms with van der Waals surface area (Å²) in [5, 5.41) is 3.41. The van der Waals surface area contributed by atoms with Crippen molar-refractivity contribution in [2.75, 3.05) is 26.2 Å². The molecule has 0 aromatic carbocycles. The number of nitrogens with one attached hydrogen (secondary N) is 1. The van der Waals surface area contributed by atoms with Crippen LogP contribution in [0.1, 0.15) is 52.9 Å². The normalized spacial score (nSPS) is 29.1. The number of ether oxygens (including phenoxy) is 1. The van der Waals surface area contributed by atoms with E-state index in [-0.39, 0.29) is 11.6 Å². The van der Waals surface area contributed by atoms with Gasteiger partial charge in [0.15, 0.2) is 0 Å². The quantitative estimate of drug-likeness (QED) is 0.806. The fraction of sp³-hybridized carbons (Fsp3) is 0.938. The van der Waals surface area contributed by atoms with Gasteiger partial charge in [-0.1, -0.05) is 0 Å². The third-order valence-corrected chi connectivity index (χ3v) is 4.36. The Labute approximate surface area is 123 Å². The topological polar surface area (TPSA) is 41.6 Å². The molecular weight excluding hydrogens is 252 g/mol. The molecule has 2 aliphatic rings. The second kappa shape index (κ2) is 6.90. The van der Waals surface area contributed by atoms with Crippen molar-refractivity contribution >= 4 is 5.97 Å². The molecule has 1 aliphatic carbocycles. The van der Waals surface area contributed by atoms with Gasteiger partial charge in [0.05, 0.1) is 0 Å². The van der Waals surface area contributed by atoms with Crippen molar-refractivity contribution in [2.24, 2.45) is 5.92 Å². The first-order chi connectivity index (χ1) is 9.44. The summed E-state index contributed by atoms with van der Waals surface area (Å²) in [6.45, 7) is 10.4. The largest absolute Gasteiger partial charge is 0.460 e. The molecule has 1 saturated heterocycles. The van der Waals surface area contributed by atoms with E-state index in [0.717, 1.165) is 19.1 Å². The lowest BCUT2D eigenvalue weighted by molar-refractivity contribution is -0.156. The Kier molecular flexibility index (Phi) is 5.44. The number of nitrogens with zero attached hydrogens (tertiary/aromatic N) is 1. The van der Waals surface area contributed by atoms with Crippen LogP contribution >= 0.6 is 0 Å². The average Bonchev–Trinajstić information content (AvgIpc) is 2.38. The minimum absolute atomic E-state index is 0.0249. The summed E-state index contributed by atoms with van der Waals surface area (Å²) in [4.78, 5) is 14.5. The van der Waals surface area contributed by atoms with Gasteiger partial charge in [-0.15, -0.1) is 0 Å². The van der Waals surface area contributed by atoms with Crippen molar-refractivity contribution in [1.29, 1.82) is 0 Å². The van der Waals surface area contributed by atoms with Gasteiger partial charge < -0.3 is 10.1 Å². The van der Waals surface area contributed by atoms with E-state index >= 15 is 0 Å². The Morgan fingerprint density at radius 2 is 1.75 bits per heavy atom. The van der Waals surface area contributed by atoms with Crippen molar-refractivity contribution in [3.8, 4) is 0 Å². The fourth-order valence-electron chi connectivity index (χ4n) is 3.38. The summed E-state index contributed by atoms with van der Waals surface area (Å²) in [5.41, 5.74) is -0.352. The zero-order valence-electron chi connectivity index (χ0n) is 13.3. The van der Waals surface area contributed by atoms with Crippen molar-refractivity contribution in [3.63, 3.8) is 0 Å². The first-order valence-corrected chi connectivity index (χ1v) is 8.10. The van der Waals surface area contributed by atoms with Crippen LogP contribution in [0.5, 0.6) is 0 Å². The first-order valence-electron chi connectivity index (χ1n) is 8.10. The van der Waals surface area contributed by atoms with E-state index in [1.54, 1.807) is 0 Å². The molecule has 2 fully saturated rings. The second-order valence-electron chi connectivity index (χ2n) is 7.25. The lowest BCUT2D eigenvalue weighted by atomic mass is 9.83. The Bertz CT molecular complexity index is 311. The Balaban J connectivity index is 1.70. The summed E-state index contributed by atoms with van der Waals surface area (Å²) in [6.07, 6.45) is 5.44. The molecule has 4 nitrogen and oxygen atoms in total. The standard InChI is InChI=1S/C16H30N2O2/c1-16(2,3)20-15(19)12-13-4-6-14(7-5-13)18-10-8-17-9-11-18/h13-14,17H,4-12H2,1-3H3. The lowest BCUT2D eigenvalue weighted by Crippen LogP contribution is -2.49. The van der Waals surface area contributed by atoms with Gasteiger partial charge in [-0.2, -0.15) is 0 Å². The van der Waals surface area contributed by atoms with E-state index in [1.807, 2.05) is 20.8 Å². The zero-order chi connectivity index (χ0) is 14.6. The highest BCUT2D eigenvalue weighted by Gasteiger charge is 2.28. The molecule has 0 aromatic rings.